The number of urea groups is 1. The van der Waals surface area contributed by atoms with Crippen molar-refractivity contribution in [2.75, 3.05) is 31.6 Å². The SMILES string of the molecule is Cc1ccc(-c2cc3c4c(cnc3s2)CN(C)C(=O)N4C2CCN(C(=O)CO)CC2)cn1. The molecule has 8 nitrogen and oxygen atoms in total. The number of carbonyl (C=O) groups is 2. The molecule has 0 bridgehead atoms. The van der Waals surface area contributed by atoms with Gasteiger partial charge in [0.1, 0.15) is 11.4 Å². The van der Waals surface area contributed by atoms with Crippen molar-refractivity contribution in [1.82, 2.24) is 19.8 Å². The van der Waals surface area contributed by atoms with Crippen LogP contribution in [0.25, 0.3) is 20.7 Å². The van der Waals surface area contributed by atoms with Gasteiger partial charge in [0.25, 0.3) is 0 Å². The van der Waals surface area contributed by atoms with Gasteiger partial charge in [-0.05, 0) is 31.9 Å². The van der Waals surface area contributed by atoms with Crippen LogP contribution in [0.4, 0.5) is 10.5 Å². The molecule has 0 atom stereocenters. The molecule has 166 valence electrons. The third kappa shape index (κ3) is 3.51. The molecule has 0 saturated carbocycles. The zero-order valence-corrected chi connectivity index (χ0v) is 18.9. The minimum absolute atomic E-state index is 0.0123. The molecule has 5 heterocycles. The predicted molar refractivity (Wildman–Crippen MR) is 124 cm³/mol. The van der Waals surface area contributed by atoms with Crippen molar-refractivity contribution in [3.8, 4) is 10.4 Å². The zero-order chi connectivity index (χ0) is 22.4. The number of hydrogen-bond acceptors (Lipinski definition) is 6. The summed E-state index contributed by atoms with van der Waals surface area (Å²) < 4.78 is 0. The van der Waals surface area contributed by atoms with Gasteiger partial charge in [-0.15, -0.1) is 11.3 Å². The second kappa shape index (κ2) is 8.14. The molecule has 3 aromatic heterocycles. The van der Waals surface area contributed by atoms with Gasteiger partial charge in [0.05, 0.1) is 12.2 Å². The van der Waals surface area contributed by atoms with Crippen molar-refractivity contribution in [3.63, 3.8) is 0 Å². The van der Waals surface area contributed by atoms with E-state index in [9.17, 15) is 9.59 Å². The Balaban J connectivity index is 1.55. The molecule has 2 aliphatic rings. The Hall–Kier alpha value is -3.04. The summed E-state index contributed by atoms with van der Waals surface area (Å²) in [7, 11) is 1.81. The standard InChI is InChI=1S/C23H25N5O3S/c1-14-3-4-15(10-24-14)19-9-18-21-16(11-25-22(18)32-19)12-26(2)23(31)28(21)17-5-7-27(8-6-17)20(30)13-29/h3-4,9-11,17,29H,5-8,12-13H2,1-2H3. The van der Waals surface area contributed by atoms with Crippen LogP contribution in [0.15, 0.2) is 30.6 Å². The van der Waals surface area contributed by atoms with Gasteiger partial charge in [-0.1, -0.05) is 6.07 Å². The lowest BCUT2D eigenvalue weighted by Gasteiger charge is -2.43. The van der Waals surface area contributed by atoms with Gasteiger partial charge >= 0.3 is 6.03 Å². The van der Waals surface area contributed by atoms with Gasteiger partial charge < -0.3 is 14.9 Å². The monoisotopic (exact) mass is 451 g/mol. The smallest absolute Gasteiger partial charge is 0.324 e. The molecule has 32 heavy (non-hydrogen) atoms. The topological polar surface area (TPSA) is 89.9 Å². The van der Waals surface area contributed by atoms with Crippen molar-refractivity contribution in [3.05, 3.63) is 41.9 Å². The summed E-state index contributed by atoms with van der Waals surface area (Å²) in [5.74, 6) is -0.258. The van der Waals surface area contributed by atoms with Gasteiger partial charge in [-0.2, -0.15) is 0 Å². The van der Waals surface area contributed by atoms with Gasteiger partial charge in [0.15, 0.2) is 0 Å². The van der Waals surface area contributed by atoms with Gasteiger partial charge in [0.2, 0.25) is 5.91 Å². The van der Waals surface area contributed by atoms with Crippen molar-refractivity contribution in [1.29, 1.82) is 0 Å². The summed E-state index contributed by atoms with van der Waals surface area (Å²) in [6.45, 7) is 3.07. The van der Waals surface area contributed by atoms with Crippen LogP contribution in [0.1, 0.15) is 24.1 Å². The van der Waals surface area contributed by atoms with Crippen molar-refractivity contribution in [2.45, 2.75) is 32.4 Å². The Morgan fingerprint density at radius 1 is 1.22 bits per heavy atom. The second-order valence-electron chi connectivity index (χ2n) is 8.43. The van der Waals surface area contributed by atoms with Crippen LogP contribution in [-0.4, -0.2) is 69.6 Å². The van der Waals surface area contributed by atoms with Crippen LogP contribution in [0.5, 0.6) is 0 Å². The summed E-state index contributed by atoms with van der Waals surface area (Å²) in [5.41, 5.74) is 3.97. The number of carbonyl (C=O) groups excluding carboxylic acids is 2. The Labute approximate surface area is 190 Å². The largest absolute Gasteiger partial charge is 0.387 e. The molecular weight excluding hydrogens is 426 g/mol. The number of pyridine rings is 2. The number of likely N-dealkylation sites (tertiary alicyclic amines) is 1. The molecule has 1 N–H and O–H groups in total. The number of aromatic nitrogens is 2. The lowest BCUT2D eigenvalue weighted by atomic mass is 9.99. The zero-order valence-electron chi connectivity index (χ0n) is 18.1. The molecule has 1 fully saturated rings. The number of rotatable bonds is 3. The molecule has 0 unspecified atom stereocenters. The van der Waals surface area contributed by atoms with Crippen LogP contribution in [0.2, 0.25) is 0 Å². The van der Waals surface area contributed by atoms with Crippen LogP contribution in [0, 0.1) is 6.92 Å². The van der Waals surface area contributed by atoms with Crippen molar-refractivity contribution < 1.29 is 14.7 Å². The first-order valence-electron chi connectivity index (χ1n) is 10.7. The number of thiophene rings is 1. The third-order valence-electron chi connectivity index (χ3n) is 6.30. The number of nitrogens with zero attached hydrogens (tertiary/aromatic N) is 5. The maximum atomic E-state index is 13.3. The fourth-order valence-electron chi connectivity index (χ4n) is 4.59. The number of amides is 3. The van der Waals surface area contributed by atoms with E-state index in [0.29, 0.717) is 32.5 Å². The van der Waals surface area contributed by atoms with Crippen molar-refractivity contribution in [2.24, 2.45) is 0 Å². The molecule has 0 aromatic carbocycles. The lowest BCUT2D eigenvalue weighted by Crippen LogP contribution is -2.54. The molecule has 0 spiro atoms. The van der Waals surface area contributed by atoms with E-state index < -0.39 is 6.61 Å². The van der Waals surface area contributed by atoms with Gasteiger partial charge in [-0.25, -0.2) is 9.78 Å². The Morgan fingerprint density at radius 3 is 2.69 bits per heavy atom. The summed E-state index contributed by atoms with van der Waals surface area (Å²) in [4.78, 5) is 41.6. The van der Waals surface area contributed by atoms with Crippen LogP contribution < -0.4 is 4.90 Å². The highest BCUT2D eigenvalue weighted by atomic mass is 32.1. The number of piperidine rings is 1. The normalized spacial score (nSPS) is 17.2. The molecular formula is C23H25N5O3S. The van der Waals surface area contributed by atoms with Crippen LogP contribution >= 0.6 is 11.3 Å². The minimum atomic E-state index is -0.475. The number of hydrogen-bond donors (Lipinski definition) is 1. The van der Waals surface area contributed by atoms with E-state index in [1.807, 2.05) is 37.3 Å². The van der Waals surface area contributed by atoms with E-state index in [0.717, 1.165) is 37.6 Å². The average Bonchev–Trinajstić information content (AvgIpc) is 3.25. The molecule has 0 aliphatic carbocycles. The number of aryl methyl sites for hydroxylation is 1. The molecule has 3 aromatic rings. The van der Waals surface area contributed by atoms with E-state index >= 15 is 0 Å². The lowest BCUT2D eigenvalue weighted by molar-refractivity contribution is -0.135. The first kappa shape index (κ1) is 20.8. The third-order valence-corrected chi connectivity index (χ3v) is 7.40. The molecule has 0 radical (unpaired) electrons. The fourth-order valence-corrected chi connectivity index (χ4v) is 5.58. The number of anilines is 1. The van der Waals surface area contributed by atoms with E-state index in [1.54, 1.807) is 21.1 Å². The first-order valence-corrected chi connectivity index (χ1v) is 11.6. The van der Waals surface area contributed by atoms with Crippen LogP contribution in [-0.2, 0) is 11.3 Å². The summed E-state index contributed by atoms with van der Waals surface area (Å²) in [6, 6.07) is 6.14. The number of aliphatic hydroxyl groups excluding tert-OH is 1. The minimum Gasteiger partial charge on any atom is -0.387 e. The maximum absolute atomic E-state index is 13.3. The Bertz CT molecular complexity index is 1180. The van der Waals surface area contributed by atoms with Crippen molar-refractivity contribution >= 4 is 39.2 Å². The fraction of sp³-hybridized carbons (Fsp3) is 0.391. The summed E-state index contributed by atoms with van der Waals surface area (Å²) >= 11 is 1.60. The molecule has 5 rings (SSSR count). The van der Waals surface area contributed by atoms with E-state index in [2.05, 4.69) is 17.1 Å². The molecule has 2 aliphatic heterocycles. The Kier molecular flexibility index (Phi) is 5.30. The highest BCUT2D eigenvalue weighted by Crippen LogP contribution is 2.42. The number of aliphatic hydroxyl groups is 1. The van der Waals surface area contributed by atoms with E-state index in [1.165, 1.54) is 0 Å². The number of fused-ring (bicyclic) bond motifs is 3. The summed E-state index contributed by atoms with van der Waals surface area (Å²) in [6.07, 6.45) is 5.10. The summed E-state index contributed by atoms with van der Waals surface area (Å²) in [5, 5.41) is 10.2. The maximum Gasteiger partial charge on any atom is 0.324 e. The molecule has 9 heteroatoms. The van der Waals surface area contributed by atoms with Gasteiger partial charge in [-0.3, -0.25) is 14.7 Å². The predicted octanol–water partition coefficient (Wildman–Crippen LogP) is 3.02. The van der Waals surface area contributed by atoms with Gasteiger partial charge in [0, 0.05) is 65.7 Å². The molecule has 3 amide bonds. The van der Waals surface area contributed by atoms with E-state index in [-0.39, 0.29) is 18.0 Å². The average molecular weight is 452 g/mol. The first-order chi connectivity index (χ1) is 15.5. The van der Waals surface area contributed by atoms with E-state index in [4.69, 9.17) is 10.1 Å². The molecule has 1 saturated heterocycles. The second-order valence-corrected chi connectivity index (χ2v) is 9.46. The Morgan fingerprint density at radius 2 is 2.00 bits per heavy atom. The highest BCUT2D eigenvalue weighted by Gasteiger charge is 2.37. The quantitative estimate of drug-likeness (QED) is 0.661. The van der Waals surface area contributed by atoms with Crippen LogP contribution in [0.3, 0.4) is 0 Å². The highest BCUT2D eigenvalue weighted by molar-refractivity contribution is 7.21.